The number of aromatic hydroxyl groups is 1. The summed E-state index contributed by atoms with van der Waals surface area (Å²) in [4.78, 5) is -0.275. The number of aliphatic hydroxyl groups is 1. The van der Waals surface area contributed by atoms with Crippen LogP contribution in [0.4, 0.5) is 17.6 Å². The molecule has 1 aliphatic carbocycles. The minimum absolute atomic E-state index is 0.193. The first-order chi connectivity index (χ1) is 15.2. The van der Waals surface area contributed by atoms with Gasteiger partial charge in [0.15, 0.2) is 17.2 Å². The van der Waals surface area contributed by atoms with Gasteiger partial charge >= 0.3 is 6.18 Å². The number of hydrogen-bond donors (Lipinski definition) is 3. The highest BCUT2D eigenvalue weighted by Gasteiger charge is 2.65. The molecule has 10 heteroatoms. The van der Waals surface area contributed by atoms with Crippen LogP contribution < -0.4 is 4.72 Å². The summed E-state index contributed by atoms with van der Waals surface area (Å²) >= 11 is 0. The van der Waals surface area contributed by atoms with Gasteiger partial charge in [-0.25, -0.2) is 17.5 Å². The van der Waals surface area contributed by atoms with Gasteiger partial charge in [-0.1, -0.05) is 56.3 Å². The molecule has 0 heterocycles. The molecule has 33 heavy (non-hydrogen) atoms. The van der Waals surface area contributed by atoms with E-state index in [0.717, 1.165) is 12.1 Å². The lowest BCUT2D eigenvalue weighted by Crippen LogP contribution is -2.60. The van der Waals surface area contributed by atoms with Crippen LogP contribution in [0.1, 0.15) is 37.4 Å². The van der Waals surface area contributed by atoms with E-state index in [9.17, 15) is 36.2 Å². The first kappa shape index (κ1) is 23.5. The molecule has 0 aromatic heterocycles. The van der Waals surface area contributed by atoms with Gasteiger partial charge in [-0.2, -0.15) is 13.2 Å². The van der Waals surface area contributed by atoms with Crippen molar-refractivity contribution in [2.24, 2.45) is 0 Å². The molecule has 2 unspecified atom stereocenters. The van der Waals surface area contributed by atoms with Gasteiger partial charge in [0.05, 0.1) is 10.9 Å². The Morgan fingerprint density at radius 2 is 1.67 bits per heavy atom. The molecule has 0 aliphatic heterocycles. The van der Waals surface area contributed by atoms with Crippen LogP contribution in [-0.4, -0.2) is 30.4 Å². The summed E-state index contributed by atoms with van der Waals surface area (Å²) in [6.07, 6.45) is -6.24. The van der Waals surface area contributed by atoms with Crippen LogP contribution in [0, 0.1) is 5.82 Å². The summed E-state index contributed by atoms with van der Waals surface area (Å²) in [6.45, 7) is 2.63. The monoisotopic (exact) mass is 483 g/mol. The maximum atomic E-state index is 14.2. The smallest absolute Gasteiger partial charge is 0.419 e. The Bertz CT molecular complexity index is 1350. The van der Waals surface area contributed by atoms with E-state index in [1.807, 2.05) is 4.72 Å². The Kier molecular flexibility index (Phi) is 5.27. The predicted octanol–water partition coefficient (Wildman–Crippen LogP) is 4.68. The number of benzene rings is 3. The highest BCUT2D eigenvalue weighted by molar-refractivity contribution is 7.89. The molecule has 1 aliphatic rings. The van der Waals surface area contributed by atoms with Crippen molar-refractivity contribution >= 4 is 20.8 Å². The Hall–Kier alpha value is -2.69. The third-order valence-electron chi connectivity index (χ3n) is 6.14. The minimum atomic E-state index is -5.24. The summed E-state index contributed by atoms with van der Waals surface area (Å²) in [6, 6.07) is 10.3. The van der Waals surface area contributed by atoms with Gasteiger partial charge in [0, 0.05) is 10.9 Å². The van der Waals surface area contributed by atoms with E-state index in [-0.39, 0.29) is 21.4 Å². The molecule has 3 aromatic carbocycles. The minimum Gasteiger partial charge on any atom is -0.505 e. The van der Waals surface area contributed by atoms with Gasteiger partial charge in [0.25, 0.3) is 0 Å². The van der Waals surface area contributed by atoms with Gasteiger partial charge in [-0.15, -0.1) is 0 Å². The molecule has 0 saturated carbocycles. The molecule has 0 radical (unpaired) electrons. The van der Waals surface area contributed by atoms with Crippen LogP contribution in [-0.2, 0) is 15.4 Å². The number of alkyl halides is 3. The molecule has 0 spiro atoms. The van der Waals surface area contributed by atoms with E-state index in [1.54, 1.807) is 24.3 Å². The molecule has 0 fully saturated rings. The molecule has 176 valence electrons. The third-order valence-corrected chi connectivity index (χ3v) is 7.62. The number of nitrogens with one attached hydrogen (secondary N) is 1. The fourth-order valence-electron chi connectivity index (χ4n) is 4.73. The van der Waals surface area contributed by atoms with Gasteiger partial charge in [-0.05, 0) is 34.9 Å². The normalized spacial score (nSPS) is 22.8. The maximum absolute atomic E-state index is 14.2. The molecule has 4 rings (SSSR count). The third kappa shape index (κ3) is 3.66. The molecule has 2 atom stereocenters. The van der Waals surface area contributed by atoms with E-state index >= 15 is 0 Å². The Morgan fingerprint density at radius 1 is 1.03 bits per heavy atom. The number of halogens is 4. The lowest BCUT2D eigenvalue weighted by Gasteiger charge is -2.48. The molecular formula is C23H21F4NO4S. The fourth-order valence-corrected chi connectivity index (χ4v) is 6.22. The van der Waals surface area contributed by atoms with Gasteiger partial charge in [0.2, 0.25) is 10.0 Å². The van der Waals surface area contributed by atoms with Crippen molar-refractivity contribution in [3.05, 3.63) is 71.5 Å². The fraction of sp³-hybridized carbons (Fsp3) is 0.304. The lowest BCUT2D eigenvalue weighted by atomic mass is 9.63. The first-order valence-corrected chi connectivity index (χ1v) is 11.5. The zero-order chi connectivity index (χ0) is 24.4. The summed E-state index contributed by atoms with van der Waals surface area (Å²) < 4.78 is 85.4. The standard InChI is InChI=1S/C23H21F4NO4S/c1-21(2)12-22(30,23(25,26)27)20(15-10-11-16(24)19(29)18(15)21)28-33(31,32)17-9-5-7-13-6-3-4-8-14(13)17/h3-11,20,28-30H,12H2,1-2H3. The molecule has 0 amide bonds. The second kappa shape index (κ2) is 7.41. The van der Waals surface area contributed by atoms with Crippen LogP contribution in [0.2, 0.25) is 0 Å². The van der Waals surface area contributed by atoms with Crippen LogP contribution in [0.25, 0.3) is 10.8 Å². The summed E-state index contributed by atoms with van der Waals surface area (Å²) in [7, 11) is -4.61. The Morgan fingerprint density at radius 3 is 2.33 bits per heavy atom. The highest BCUT2D eigenvalue weighted by atomic mass is 32.2. The van der Waals surface area contributed by atoms with Crippen LogP contribution >= 0.6 is 0 Å². The zero-order valence-electron chi connectivity index (χ0n) is 17.6. The number of hydrogen-bond acceptors (Lipinski definition) is 4. The lowest BCUT2D eigenvalue weighted by molar-refractivity contribution is -0.279. The molecule has 3 aromatic rings. The second-order valence-electron chi connectivity index (χ2n) is 8.87. The molecule has 0 saturated heterocycles. The molecule has 5 nitrogen and oxygen atoms in total. The largest absolute Gasteiger partial charge is 0.505 e. The average Bonchev–Trinajstić information content (AvgIpc) is 2.71. The predicted molar refractivity (Wildman–Crippen MR) is 114 cm³/mol. The summed E-state index contributed by atoms with van der Waals surface area (Å²) in [5.74, 6) is -1.94. The van der Waals surface area contributed by atoms with E-state index < -0.39 is 51.2 Å². The maximum Gasteiger partial charge on any atom is 0.419 e. The topological polar surface area (TPSA) is 86.6 Å². The van der Waals surface area contributed by atoms with E-state index in [4.69, 9.17) is 0 Å². The van der Waals surface area contributed by atoms with Crippen molar-refractivity contribution < 1.29 is 36.2 Å². The number of phenols is 1. The van der Waals surface area contributed by atoms with Crippen molar-refractivity contribution in [2.45, 2.75) is 48.4 Å². The van der Waals surface area contributed by atoms with Gasteiger partial charge < -0.3 is 10.2 Å². The van der Waals surface area contributed by atoms with Crippen LogP contribution in [0.5, 0.6) is 5.75 Å². The highest BCUT2D eigenvalue weighted by Crippen LogP contribution is 2.56. The quantitative estimate of drug-likeness (QED) is 0.473. The molecular weight excluding hydrogens is 462 g/mol. The molecule has 0 bridgehead atoms. The van der Waals surface area contributed by atoms with Crippen LogP contribution in [0.3, 0.4) is 0 Å². The number of sulfonamides is 1. The number of rotatable bonds is 3. The van der Waals surface area contributed by atoms with E-state index in [0.29, 0.717) is 5.39 Å². The number of phenolic OH excluding ortho intramolecular Hbond substituents is 1. The Labute approximate surface area is 187 Å². The average molecular weight is 483 g/mol. The van der Waals surface area contributed by atoms with E-state index in [1.165, 1.54) is 32.0 Å². The van der Waals surface area contributed by atoms with Gasteiger partial charge in [-0.3, -0.25) is 0 Å². The van der Waals surface area contributed by atoms with Crippen molar-refractivity contribution in [2.75, 3.05) is 0 Å². The first-order valence-electron chi connectivity index (χ1n) is 10.00. The SMILES string of the molecule is CC1(C)CC(O)(C(F)(F)F)C(NS(=O)(=O)c2cccc3ccccc23)c2ccc(F)c(O)c21. The van der Waals surface area contributed by atoms with Crippen LogP contribution in [0.15, 0.2) is 59.5 Å². The van der Waals surface area contributed by atoms with Crippen molar-refractivity contribution in [3.8, 4) is 5.75 Å². The summed E-state index contributed by atoms with van der Waals surface area (Å²) in [5.41, 5.74) is -5.59. The molecule has 3 N–H and O–H groups in total. The van der Waals surface area contributed by atoms with Crippen molar-refractivity contribution in [1.29, 1.82) is 0 Å². The Balaban J connectivity index is 1.95. The van der Waals surface area contributed by atoms with Gasteiger partial charge in [0.1, 0.15) is 0 Å². The van der Waals surface area contributed by atoms with Crippen molar-refractivity contribution in [1.82, 2.24) is 4.72 Å². The number of fused-ring (bicyclic) bond motifs is 2. The second-order valence-corrected chi connectivity index (χ2v) is 10.6. The van der Waals surface area contributed by atoms with Crippen molar-refractivity contribution in [3.63, 3.8) is 0 Å². The zero-order valence-corrected chi connectivity index (χ0v) is 18.4. The van der Waals surface area contributed by atoms with E-state index in [2.05, 4.69) is 0 Å². The summed E-state index contributed by atoms with van der Waals surface area (Å²) in [5, 5.41) is 22.0.